The van der Waals surface area contributed by atoms with Crippen molar-refractivity contribution < 1.29 is 4.79 Å². The summed E-state index contributed by atoms with van der Waals surface area (Å²) in [6.07, 6.45) is 3.34. The Hall–Kier alpha value is -2.99. The van der Waals surface area contributed by atoms with Crippen LogP contribution in [0.1, 0.15) is 23.0 Å². The number of rotatable bonds is 4. The third-order valence-electron chi connectivity index (χ3n) is 3.39. The lowest BCUT2D eigenvalue weighted by Gasteiger charge is -2.01. The van der Waals surface area contributed by atoms with Gasteiger partial charge < -0.3 is 0 Å². The van der Waals surface area contributed by atoms with Crippen LogP contribution >= 0.6 is 11.6 Å². The Balaban J connectivity index is 1.71. The van der Waals surface area contributed by atoms with Crippen LogP contribution in [0.5, 0.6) is 0 Å². The summed E-state index contributed by atoms with van der Waals surface area (Å²) in [4.78, 5) is 16.1. The highest BCUT2D eigenvalue weighted by Crippen LogP contribution is 2.20. The highest BCUT2D eigenvalue weighted by molar-refractivity contribution is 6.30. The van der Waals surface area contributed by atoms with E-state index >= 15 is 0 Å². The number of pyridine rings is 1. The summed E-state index contributed by atoms with van der Waals surface area (Å²) in [5.74, 6) is -0.365. The van der Waals surface area contributed by atoms with Crippen LogP contribution in [0.2, 0.25) is 5.02 Å². The van der Waals surface area contributed by atoms with Gasteiger partial charge in [0, 0.05) is 28.5 Å². The molecule has 1 amide bonds. The summed E-state index contributed by atoms with van der Waals surface area (Å²) in [7, 11) is 0. The number of aromatic amines is 1. The number of nitrogens with zero attached hydrogens (tertiary/aromatic N) is 3. The second kappa shape index (κ2) is 7.06. The minimum atomic E-state index is -0.365. The number of nitrogens with one attached hydrogen (secondary N) is 2. The monoisotopic (exact) mass is 339 g/mol. The SMILES string of the molecule is C/C(=N/NC(=O)c1cc(-c2ccc(Cl)cc2)n[nH]1)c1ccncc1. The van der Waals surface area contributed by atoms with Crippen LogP contribution in [-0.4, -0.2) is 26.8 Å². The van der Waals surface area contributed by atoms with Crippen molar-refractivity contribution >= 4 is 23.2 Å². The summed E-state index contributed by atoms with van der Waals surface area (Å²) in [5, 5.41) is 11.6. The van der Waals surface area contributed by atoms with Crippen molar-refractivity contribution in [1.29, 1.82) is 0 Å². The normalized spacial score (nSPS) is 11.3. The zero-order valence-electron chi connectivity index (χ0n) is 12.8. The second-order valence-electron chi connectivity index (χ2n) is 5.05. The van der Waals surface area contributed by atoms with Gasteiger partial charge in [0.15, 0.2) is 0 Å². The van der Waals surface area contributed by atoms with Crippen molar-refractivity contribution in [2.75, 3.05) is 0 Å². The van der Waals surface area contributed by atoms with Gasteiger partial charge in [0.2, 0.25) is 0 Å². The minimum absolute atomic E-state index is 0.325. The molecule has 2 heterocycles. The maximum atomic E-state index is 12.2. The number of H-pyrrole nitrogens is 1. The molecular formula is C17H14ClN5O. The fraction of sp³-hybridized carbons (Fsp3) is 0.0588. The van der Waals surface area contributed by atoms with Crippen LogP contribution in [-0.2, 0) is 0 Å². The number of hydrogen-bond donors (Lipinski definition) is 2. The molecule has 0 radical (unpaired) electrons. The molecule has 0 unspecified atom stereocenters. The molecule has 0 aliphatic carbocycles. The summed E-state index contributed by atoms with van der Waals surface area (Å²) in [6.45, 7) is 1.81. The van der Waals surface area contributed by atoms with Crippen LogP contribution in [0.25, 0.3) is 11.3 Å². The molecule has 120 valence electrons. The van der Waals surface area contributed by atoms with Crippen molar-refractivity contribution in [3.63, 3.8) is 0 Å². The number of amides is 1. The molecule has 0 aliphatic rings. The Kier molecular flexibility index (Phi) is 4.67. The summed E-state index contributed by atoms with van der Waals surface area (Å²) in [6, 6.07) is 12.5. The molecule has 0 bridgehead atoms. The number of carbonyl (C=O) groups excluding carboxylic acids is 1. The van der Waals surface area contributed by atoms with Crippen molar-refractivity contribution in [1.82, 2.24) is 20.6 Å². The average Bonchev–Trinajstić information content (AvgIpc) is 3.11. The van der Waals surface area contributed by atoms with Crippen molar-refractivity contribution in [2.24, 2.45) is 5.10 Å². The summed E-state index contributed by atoms with van der Waals surface area (Å²) in [5.41, 5.74) is 5.93. The number of hydrazone groups is 1. The Labute approximate surface area is 143 Å². The van der Waals surface area contributed by atoms with Crippen molar-refractivity contribution in [3.05, 3.63) is 71.1 Å². The van der Waals surface area contributed by atoms with Gasteiger partial charge in [-0.2, -0.15) is 10.2 Å². The molecule has 2 aromatic heterocycles. The first-order valence-electron chi connectivity index (χ1n) is 7.20. The van der Waals surface area contributed by atoms with Crippen LogP contribution in [0, 0.1) is 0 Å². The van der Waals surface area contributed by atoms with E-state index in [1.807, 2.05) is 31.2 Å². The predicted octanol–water partition coefficient (Wildman–Crippen LogP) is 3.28. The maximum Gasteiger partial charge on any atom is 0.289 e. The van der Waals surface area contributed by atoms with Crippen LogP contribution in [0.4, 0.5) is 0 Å². The van der Waals surface area contributed by atoms with E-state index in [2.05, 4.69) is 25.7 Å². The number of benzene rings is 1. The summed E-state index contributed by atoms with van der Waals surface area (Å²) < 4.78 is 0. The Morgan fingerprint density at radius 1 is 1.17 bits per heavy atom. The first-order chi connectivity index (χ1) is 11.6. The fourth-order valence-electron chi connectivity index (χ4n) is 2.06. The van der Waals surface area contributed by atoms with Gasteiger partial charge in [0.25, 0.3) is 5.91 Å². The molecule has 0 saturated carbocycles. The van der Waals surface area contributed by atoms with Gasteiger partial charge in [-0.1, -0.05) is 23.7 Å². The highest BCUT2D eigenvalue weighted by atomic mass is 35.5. The maximum absolute atomic E-state index is 12.2. The van der Waals surface area contributed by atoms with E-state index in [9.17, 15) is 4.79 Å². The number of carbonyl (C=O) groups is 1. The second-order valence-corrected chi connectivity index (χ2v) is 5.48. The van der Waals surface area contributed by atoms with Gasteiger partial charge in [0.05, 0.1) is 11.4 Å². The third-order valence-corrected chi connectivity index (χ3v) is 3.64. The van der Waals surface area contributed by atoms with Crippen LogP contribution < -0.4 is 5.43 Å². The fourth-order valence-corrected chi connectivity index (χ4v) is 2.19. The summed E-state index contributed by atoms with van der Waals surface area (Å²) >= 11 is 5.87. The first kappa shape index (κ1) is 15.9. The lowest BCUT2D eigenvalue weighted by atomic mass is 10.1. The van der Waals surface area contributed by atoms with Crippen molar-refractivity contribution in [3.8, 4) is 11.3 Å². The van der Waals surface area contributed by atoms with E-state index in [4.69, 9.17) is 11.6 Å². The van der Waals surface area contributed by atoms with E-state index in [1.54, 1.807) is 30.6 Å². The van der Waals surface area contributed by atoms with E-state index in [-0.39, 0.29) is 5.91 Å². The van der Waals surface area contributed by atoms with Gasteiger partial charge in [-0.25, -0.2) is 5.43 Å². The molecule has 0 spiro atoms. The first-order valence-corrected chi connectivity index (χ1v) is 7.57. The van der Waals surface area contributed by atoms with Crippen LogP contribution in [0.15, 0.2) is 60.0 Å². The smallest absolute Gasteiger partial charge is 0.272 e. The molecule has 7 heteroatoms. The highest BCUT2D eigenvalue weighted by Gasteiger charge is 2.10. The molecule has 3 rings (SSSR count). The van der Waals surface area contributed by atoms with Crippen molar-refractivity contribution in [2.45, 2.75) is 6.92 Å². The lowest BCUT2D eigenvalue weighted by molar-refractivity contribution is 0.0950. The Bertz CT molecular complexity index is 872. The molecule has 3 aromatic rings. The zero-order chi connectivity index (χ0) is 16.9. The minimum Gasteiger partial charge on any atom is -0.272 e. The molecule has 2 N–H and O–H groups in total. The van der Waals surface area contributed by atoms with Crippen LogP contribution in [0.3, 0.4) is 0 Å². The number of halogens is 1. The van der Waals surface area contributed by atoms with E-state index in [0.717, 1.165) is 11.1 Å². The van der Waals surface area contributed by atoms with E-state index in [0.29, 0.717) is 22.1 Å². The van der Waals surface area contributed by atoms with Gasteiger partial charge in [-0.3, -0.25) is 14.9 Å². The largest absolute Gasteiger partial charge is 0.289 e. The Morgan fingerprint density at radius 3 is 2.58 bits per heavy atom. The number of hydrogen-bond acceptors (Lipinski definition) is 4. The predicted molar refractivity (Wildman–Crippen MR) is 92.9 cm³/mol. The van der Waals surface area contributed by atoms with Gasteiger partial charge in [-0.05, 0) is 37.3 Å². The number of aromatic nitrogens is 3. The quantitative estimate of drug-likeness (QED) is 0.565. The zero-order valence-corrected chi connectivity index (χ0v) is 13.6. The topological polar surface area (TPSA) is 83.0 Å². The Morgan fingerprint density at radius 2 is 1.88 bits per heavy atom. The molecule has 0 atom stereocenters. The van der Waals surface area contributed by atoms with Gasteiger partial charge in [-0.15, -0.1) is 0 Å². The average molecular weight is 340 g/mol. The van der Waals surface area contributed by atoms with Gasteiger partial charge in [0.1, 0.15) is 5.69 Å². The third kappa shape index (κ3) is 3.67. The standard InChI is InChI=1S/C17H14ClN5O/c1-11(12-6-8-19-9-7-12)20-23-17(24)16-10-15(21-22-16)13-2-4-14(18)5-3-13/h2-10H,1H3,(H,21,22)(H,23,24)/b20-11-. The van der Waals surface area contributed by atoms with E-state index < -0.39 is 0 Å². The van der Waals surface area contributed by atoms with E-state index in [1.165, 1.54) is 0 Å². The molecule has 1 aromatic carbocycles. The lowest BCUT2D eigenvalue weighted by Crippen LogP contribution is -2.19. The molecule has 0 fully saturated rings. The molecular weight excluding hydrogens is 326 g/mol. The molecule has 0 saturated heterocycles. The molecule has 0 aliphatic heterocycles. The molecule has 6 nitrogen and oxygen atoms in total. The molecule has 24 heavy (non-hydrogen) atoms. The van der Waals surface area contributed by atoms with Gasteiger partial charge >= 0.3 is 0 Å².